The molecule has 0 unspecified atom stereocenters. The van der Waals surface area contributed by atoms with Crippen LogP contribution in [-0.2, 0) is 0 Å². The molecule has 0 aliphatic heterocycles. The number of aryl methyl sites for hydroxylation is 2. The smallest absolute Gasteiger partial charge is 0.0437 e. The van der Waals surface area contributed by atoms with Crippen LogP contribution in [0.4, 0.5) is 0 Å². The zero-order chi connectivity index (χ0) is 6.85. The van der Waals surface area contributed by atoms with Crippen LogP contribution in [0.2, 0.25) is 5.02 Å². The Labute approximate surface area is 75.2 Å². The molecule has 1 aromatic carbocycles. The van der Waals surface area contributed by atoms with Gasteiger partial charge >= 0.3 is 0 Å². The van der Waals surface area contributed by atoms with Crippen LogP contribution in [0.15, 0.2) is 18.2 Å². The van der Waals surface area contributed by atoms with Gasteiger partial charge in [-0.15, -0.1) is 0 Å². The van der Waals surface area contributed by atoms with Gasteiger partial charge in [0.1, 0.15) is 0 Å². The van der Waals surface area contributed by atoms with Crippen molar-refractivity contribution in [2.24, 2.45) is 0 Å². The van der Waals surface area contributed by atoms with E-state index in [1.165, 1.54) is 5.56 Å². The van der Waals surface area contributed by atoms with Crippen molar-refractivity contribution in [3.63, 3.8) is 0 Å². The fourth-order valence-corrected chi connectivity index (χ4v) is 0.933. The monoisotopic (exact) mass is 172 g/mol. The molecule has 0 radical (unpaired) electrons. The molecule has 0 N–H and O–H groups in total. The van der Waals surface area contributed by atoms with E-state index in [-0.39, 0.29) is 14.9 Å². The second kappa shape index (κ2) is 5.20. The maximum atomic E-state index is 5.81. The van der Waals surface area contributed by atoms with Crippen molar-refractivity contribution in [2.45, 2.75) is 28.7 Å². The van der Waals surface area contributed by atoms with Crippen LogP contribution in [0.1, 0.15) is 26.0 Å². The van der Waals surface area contributed by atoms with Gasteiger partial charge in [0.15, 0.2) is 0 Å². The van der Waals surface area contributed by atoms with Crippen LogP contribution in [0.5, 0.6) is 0 Å². The molecule has 0 aromatic heterocycles. The van der Waals surface area contributed by atoms with Crippen LogP contribution in [0.25, 0.3) is 0 Å². The molecule has 0 aliphatic rings. The Hall–Kier alpha value is -0.490. The lowest BCUT2D eigenvalue weighted by atomic mass is 10.2. The van der Waals surface area contributed by atoms with Gasteiger partial charge in [-0.2, -0.15) is 0 Å². The number of hydrogen-bond donors (Lipinski definition) is 0. The highest BCUT2D eigenvalue weighted by Crippen LogP contribution is 2.15. The van der Waals surface area contributed by atoms with E-state index in [0.29, 0.717) is 0 Å². The minimum Gasteiger partial charge on any atom is -0.0840 e. The summed E-state index contributed by atoms with van der Waals surface area (Å²) in [6, 6.07) is 6.05. The quantitative estimate of drug-likeness (QED) is 0.550. The zero-order valence-corrected chi connectivity index (χ0v) is 6.37. The van der Waals surface area contributed by atoms with Crippen LogP contribution in [-0.4, -0.2) is 0 Å². The average molecular weight is 173 g/mol. The largest absolute Gasteiger partial charge is 0.0840 e. The fourth-order valence-electron chi connectivity index (χ4n) is 0.698. The fraction of sp³-hybridized carbons (Fsp3) is 0.400. The molecule has 1 rings (SSSR count). The van der Waals surface area contributed by atoms with Crippen LogP contribution < -0.4 is 0 Å². The van der Waals surface area contributed by atoms with Crippen molar-refractivity contribution < 1.29 is 0 Å². The van der Waals surface area contributed by atoms with Crippen molar-refractivity contribution in [1.29, 1.82) is 0 Å². The van der Waals surface area contributed by atoms with Crippen LogP contribution in [0.3, 0.4) is 0 Å². The first-order valence-corrected chi connectivity index (χ1v) is 3.30. The first-order valence-electron chi connectivity index (χ1n) is 2.93. The van der Waals surface area contributed by atoms with Crippen molar-refractivity contribution in [3.05, 3.63) is 34.3 Å². The molecule has 0 atom stereocenters. The Kier molecular flexibility index (Phi) is 6.20. The standard InChI is InChI=1S/C8H9Cl.2CH4/c1-6-3-4-7(2)8(9)5-6;;/h3-5H,1-2H3;2*1H4. The Morgan fingerprint density at radius 3 is 2.00 bits per heavy atom. The highest BCUT2D eigenvalue weighted by Gasteiger charge is 1.91. The van der Waals surface area contributed by atoms with E-state index in [4.69, 9.17) is 11.6 Å². The zero-order valence-electron chi connectivity index (χ0n) is 5.61. The summed E-state index contributed by atoms with van der Waals surface area (Å²) in [5.74, 6) is 0. The summed E-state index contributed by atoms with van der Waals surface area (Å²) in [6.45, 7) is 4.03. The predicted octanol–water partition coefficient (Wildman–Crippen LogP) is 4.23. The van der Waals surface area contributed by atoms with E-state index in [0.717, 1.165) is 10.6 Å². The lowest BCUT2D eigenvalue weighted by molar-refractivity contribution is 1.40. The van der Waals surface area contributed by atoms with E-state index in [1.807, 2.05) is 26.0 Å². The molecule has 11 heavy (non-hydrogen) atoms. The van der Waals surface area contributed by atoms with Gasteiger partial charge in [0, 0.05) is 5.02 Å². The van der Waals surface area contributed by atoms with Gasteiger partial charge in [-0.3, -0.25) is 0 Å². The third-order valence-electron chi connectivity index (χ3n) is 1.33. The molecule has 0 amide bonds. The van der Waals surface area contributed by atoms with Gasteiger partial charge in [-0.25, -0.2) is 0 Å². The summed E-state index contributed by atoms with van der Waals surface area (Å²) in [4.78, 5) is 0. The van der Waals surface area contributed by atoms with Crippen molar-refractivity contribution in [2.75, 3.05) is 0 Å². The molecule has 0 saturated heterocycles. The Morgan fingerprint density at radius 2 is 1.64 bits per heavy atom. The van der Waals surface area contributed by atoms with Gasteiger partial charge in [-0.1, -0.05) is 38.6 Å². The van der Waals surface area contributed by atoms with E-state index >= 15 is 0 Å². The van der Waals surface area contributed by atoms with E-state index in [1.54, 1.807) is 0 Å². The molecule has 0 fully saturated rings. The maximum Gasteiger partial charge on any atom is 0.0437 e. The SMILES string of the molecule is C.C.Cc1ccc(C)c(Cl)c1. The molecular formula is C10H17Cl. The molecule has 0 spiro atoms. The third kappa shape index (κ3) is 3.43. The summed E-state index contributed by atoms with van der Waals surface area (Å²) >= 11 is 5.81. The number of halogens is 1. The molecule has 0 bridgehead atoms. The number of hydrogen-bond acceptors (Lipinski definition) is 0. The van der Waals surface area contributed by atoms with Gasteiger partial charge < -0.3 is 0 Å². The highest BCUT2D eigenvalue weighted by atomic mass is 35.5. The molecular weight excluding hydrogens is 156 g/mol. The first kappa shape index (κ1) is 13.1. The normalized spacial score (nSPS) is 7.91. The van der Waals surface area contributed by atoms with Crippen molar-refractivity contribution in [3.8, 4) is 0 Å². The minimum atomic E-state index is 0. The Morgan fingerprint density at radius 1 is 1.09 bits per heavy atom. The van der Waals surface area contributed by atoms with E-state index in [2.05, 4.69) is 6.07 Å². The molecule has 0 nitrogen and oxygen atoms in total. The molecule has 0 heterocycles. The maximum absolute atomic E-state index is 5.81. The van der Waals surface area contributed by atoms with Gasteiger partial charge in [0.05, 0.1) is 0 Å². The Balaban J connectivity index is 0. The highest BCUT2D eigenvalue weighted by molar-refractivity contribution is 6.31. The van der Waals surface area contributed by atoms with Crippen LogP contribution >= 0.6 is 11.6 Å². The predicted molar refractivity (Wildman–Crippen MR) is 54.4 cm³/mol. The van der Waals surface area contributed by atoms with E-state index < -0.39 is 0 Å². The molecule has 64 valence electrons. The number of benzene rings is 1. The summed E-state index contributed by atoms with van der Waals surface area (Å²) in [5.41, 5.74) is 2.35. The molecule has 0 saturated carbocycles. The topological polar surface area (TPSA) is 0 Å². The second-order valence-electron chi connectivity index (χ2n) is 2.25. The summed E-state index contributed by atoms with van der Waals surface area (Å²) < 4.78 is 0. The van der Waals surface area contributed by atoms with Gasteiger partial charge in [0.2, 0.25) is 0 Å². The lowest BCUT2D eigenvalue weighted by Gasteiger charge is -1.96. The summed E-state index contributed by atoms with van der Waals surface area (Å²) in [5, 5.41) is 0.856. The van der Waals surface area contributed by atoms with E-state index in [9.17, 15) is 0 Å². The van der Waals surface area contributed by atoms with Gasteiger partial charge in [-0.05, 0) is 31.0 Å². The first-order chi connectivity index (χ1) is 4.20. The van der Waals surface area contributed by atoms with Crippen molar-refractivity contribution in [1.82, 2.24) is 0 Å². The number of rotatable bonds is 0. The molecule has 0 aliphatic carbocycles. The minimum absolute atomic E-state index is 0. The molecule has 1 heteroatoms. The van der Waals surface area contributed by atoms with Gasteiger partial charge in [0.25, 0.3) is 0 Å². The average Bonchev–Trinajstić information content (AvgIpc) is 1.80. The van der Waals surface area contributed by atoms with Crippen LogP contribution in [0, 0.1) is 13.8 Å². The van der Waals surface area contributed by atoms with Crippen molar-refractivity contribution >= 4 is 11.6 Å². The molecule has 1 aromatic rings. The Bertz CT molecular complexity index is 216. The third-order valence-corrected chi connectivity index (χ3v) is 1.73. The lowest BCUT2D eigenvalue weighted by Crippen LogP contribution is -1.75. The second-order valence-corrected chi connectivity index (χ2v) is 2.66. The summed E-state index contributed by atoms with van der Waals surface area (Å²) in [6.07, 6.45) is 0. The summed E-state index contributed by atoms with van der Waals surface area (Å²) in [7, 11) is 0.